The lowest BCUT2D eigenvalue weighted by Crippen LogP contribution is -2.38. The van der Waals surface area contributed by atoms with Gasteiger partial charge in [0.2, 0.25) is 11.9 Å². The summed E-state index contributed by atoms with van der Waals surface area (Å²) in [6.45, 7) is 3.32. The second-order valence-electron chi connectivity index (χ2n) is 7.26. The van der Waals surface area contributed by atoms with E-state index in [0.29, 0.717) is 22.6 Å². The summed E-state index contributed by atoms with van der Waals surface area (Å²) in [5, 5.41) is 23.1. The van der Waals surface area contributed by atoms with Crippen LogP contribution in [0.25, 0.3) is 16.7 Å². The van der Waals surface area contributed by atoms with Crippen LogP contribution in [-0.4, -0.2) is 20.6 Å². The first-order valence-electron chi connectivity index (χ1n) is 9.32. The van der Waals surface area contributed by atoms with Gasteiger partial charge >= 0.3 is 0 Å². The predicted molar refractivity (Wildman–Crippen MR) is 112 cm³/mol. The fraction of sp³-hybridized carbons (Fsp3) is 0.174. The van der Waals surface area contributed by atoms with E-state index < -0.39 is 11.5 Å². The number of amides is 1. The number of allylic oxidation sites excluding steroid dienone is 4. The van der Waals surface area contributed by atoms with Gasteiger partial charge in [0.05, 0.1) is 34.2 Å². The van der Waals surface area contributed by atoms with Crippen LogP contribution in [-0.2, 0) is 10.4 Å². The molecule has 0 aliphatic heterocycles. The van der Waals surface area contributed by atoms with Crippen molar-refractivity contribution in [2.24, 2.45) is 5.92 Å². The molecule has 6 heteroatoms. The van der Waals surface area contributed by atoms with Gasteiger partial charge in [0.1, 0.15) is 0 Å². The van der Waals surface area contributed by atoms with Crippen LogP contribution in [0.4, 0.5) is 5.95 Å². The van der Waals surface area contributed by atoms with Gasteiger partial charge in [-0.3, -0.25) is 14.7 Å². The van der Waals surface area contributed by atoms with E-state index in [1.165, 1.54) is 0 Å². The van der Waals surface area contributed by atoms with Gasteiger partial charge in [-0.05, 0) is 42.8 Å². The average Bonchev–Trinajstić information content (AvgIpc) is 3.03. The van der Waals surface area contributed by atoms with Crippen molar-refractivity contribution in [2.45, 2.75) is 19.4 Å². The van der Waals surface area contributed by atoms with Gasteiger partial charge in [-0.15, -0.1) is 0 Å². The number of nitriles is 1. The van der Waals surface area contributed by atoms with E-state index in [1.807, 2.05) is 36.4 Å². The van der Waals surface area contributed by atoms with Crippen LogP contribution in [0.15, 0.2) is 66.8 Å². The van der Waals surface area contributed by atoms with Crippen LogP contribution in [0.2, 0.25) is 0 Å². The van der Waals surface area contributed by atoms with Crippen molar-refractivity contribution in [3.8, 4) is 6.07 Å². The second-order valence-corrected chi connectivity index (χ2v) is 7.26. The number of hydrogen-bond donors (Lipinski definition) is 2. The zero-order chi connectivity index (χ0) is 20.6. The SMILES string of the molecule is C[C@H](C(=O)Nc1nc2ccc(C#N)cc2n1C1=CC=C1)[C@@](C)(O)c1ccccc1. The summed E-state index contributed by atoms with van der Waals surface area (Å²) < 4.78 is 1.80. The van der Waals surface area contributed by atoms with E-state index in [-0.39, 0.29) is 5.91 Å². The molecule has 0 unspecified atom stereocenters. The maximum atomic E-state index is 13.0. The Morgan fingerprint density at radius 2 is 2.00 bits per heavy atom. The fourth-order valence-electron chi connectivity index (χ4n) is 3.32. The minimum absolute atomic E-state index is 0.347. The van der Waals surface area contributed by atoms with Crippen molar-refractivity contribution < 1.29 is 9.90 Å². The molecule has 0 saturated heterocycles. The molecule has 2 aromatic carbocycles. The van der Waals surface area contributed by atoms with Gasteiger partial charge in [-0.25, -0.2) is 4.98 Å². The number of fused-ring (bicyclic) bond motifs is 1. The maximum absolute atomic E-state index is 13.0. The van der Waals surface area contributed by atoms with Crippen molar-refractivity contribution >= 4 is 28.6 Å². The third-order valence-electron chi connectivity index (χ3n) is 5.41. The monoisotopic (exact) mass is 384 g/mol. The topological polar surface area (TPSA) is 90.9 Å². The summed E-state index contributed by atoms with van der Waals surface area (Å²) in [6, 6.07) is 16.4. The number of nitrogens with zero attached hydrogens (tertiary/aromatic N) is 3. The molecule has 1 aliphatic rings. The van der Waals surface area contributed by atoms with Gasteiger partial charge in [-0.1, -0.05) is 43.3 Å². The first-order chi connectivity index (χ1) is 13.9. The largest absolute Gasteiger partial charge is 0.385 e. The molecule has 2 atom stereocenters. The first-order valence-corrected chi connectivity index (χ1v) is 9.32. The van der Waals surface area contributed by atoms with Gasteiger partial charge in [0.15, 0.2) is 0 Å². The Bertz CT molecular complexity index is 1200. The molecule has 0 radical (unpaired) electrons. The van der Waals surface area contributed by atoms with E-state index in [2.05, 4.69) is 16.4 Å². The molecule has 0 fully saturated rings. The summed E-state index contributed by atoms with van der Waals surface area (Å²) in [4.78, 5) is 17.5. The Morgan fingerprint density at radius 1 is 1.28 bits per heavy atom. The van der Waals surface area contributed by atoms with E-state index in [1.54, 1.807) is 48.7 Å². The number of aromatic nitrogens is 2. The highest BCUT2D eigenvalue weighted by atomic mass is 16.3. The molecule has 2 N–H and O–H groups in total. The van der Waals surface area contributed by atoms with Crippen molar-refractivity contribution in [1.82, 2.24) is 9.55 Å². The number of imidazole rings is 1. The molecule has 0 saturated carbocycles. The number of nitrogens with one attached hydrogen (secondary N) is 1. The molecule has 1 aliphatic carbocycles. The molecular weight excluding hydrogens is 364 g/mol. The normalized spacial score (nSPS) is 15.7. The molecule has 4 rings (SSSR count). The third-order valence-corrected chi connectivity index (χ3v) is 5.41. The molecule has 6 nitrogen and oxygen atoms in total. The summed E-state index contributed by atoms with van der Waals surface area (Å²) >= 11 is 0. The van der Waals surface area contributed by atoms with E-state index >= 15 is 0 Å². The zero-order valence-corrected chi connectivity index (χ0v) is 16.1. The van der Waals surface area contributed by atoms with Crippen molar-refractivity contribution in [3.63, 3.8) is 0 Å². The van der Waals surface area contributed by atoms with Gasteiger partial charge in [0.25, 0.3) is 0 Å². The minimum Gasteiger partial charge on any atom is -0.385 e. The Hall–Kier alpha value is -3.69. The van der Waals surface area contributed by atoms with Crippen LogP contribution in [0.1, 0.15) is 25.0 Å². The van der Waals surface area contributed by atoms with Crippen molar-refractivity contribution in [1.29, 1.82) is 5.26 Å². The molecule has 1 amide bonds. The van der Waals surface area contributed by atoms with Crippen molar-refractivity contribution in [3.05, 3.63) is 77.9 Å². The number of rotatable bonds is 5. The molecular formula is C23H20N4O2. The quantitative estimate of drug-likeness (QED) is 0.700. The van der Waals surface area contributed by atoms with Gasteiger partial charge < -0.3 is 5.11 Å². The van der Waals surface area contributed by atoms with Crippen LogP contribution in [0, 0.1) is 17.2 Å². The van der Waals surface area contributed by atoms with Crippen LogP contribution in [0.3, 0.4) is 0 Å². The average molecular weight is 384 g/mol. The van der Waals surface area contributed by atoms with E-state index in [0.717, 1.165) is 11.2 Å². The molecule has 0 bridgehead atoms. The lowest BCUT2D eigenvalue weighted by atomic mass is 9.83. The Morgan fingerprint density at radius 3 is 2.62 bits per heavy atom. The lowest BCUT2D eigenvalue weighted by molar-refractivity contribution is -0.127. The smallest absolute Gasteiger partial charge is 0.232 e. The van der Waals surface area contributed by atoms with E-state index in [4.69, 9.17) is 0 Å². The maximum Gasteiger partial charge on any atom is 0.232 e. The zero-order valence-electron chi connectivity index (χ0n) is 16.1. The van der Waals surface area contributed by atoms with E-state index in [9.17, 15) is 15.2 Å². The number of anilines is 1. The molecule has 29 heavy (non-hydrogen) atoms. The van der Waals surface area contributed by atoms with Crippen molar-refractivity contribution in [2.75, 3.05) is 5.32 Å². The number of hydrogen-bond acceptors (Lipinski definition) is 4. The highest BCUT2D eigenvalue weighted by molar-refractivity contribution is 5.96. The first kappa shape index (κ1) is 18.7. The number of aliphatic hydroxyl groups is 1. The molecule has 0 spiro atoms. The highest BCUT2D eigenvalue weighted by Crippen LogP contribution is 2.32. The molecule has 1 aromatic heterocycles. The van der Waals surface area contributed by atoms with Gasteiger partial charge in [-0.2, -0.15) is 5.26 Å². The van der Waals surface area contributed by atoms with Gasteiger partial charge in [0, 0.05) is 5.70 Å². The summed E-state index contributed by atoms with van der Waals surface area (Å²) in [5.74, 6) is -0.718. The Labute approximate surface area is 168 Å². The fourth-order valence-corrected chi connectivity index (χ4v) is 3.32. The minimum atomic E-state index is -1.34. The number of carbonyl (C=O) groups excluding carboxylic acids is 1. The third kappa shape index (κ3) is 3.22. The molecule has 1 heterocycles. The molecule has 144 valence electrons. The Balaban J connectivity index is 1.69. The van der Waals surface area contributed by atoms with Crippen LogP contribution >= 0.6 is 0 Å². The van der Waals surface area contributed by atoms with Crippen LogP contribution < -0.4 is 5.32 Å². The Kier molecular flexibility index (Phi) is 4.53. The number of carbonyl (C=O) groups is 1. The lowest BCUT2D eigenvalue weighted by Gasteiger charge is -2.30. The summed E-state index contributed by atoms with van der Waals surface area (Å²) in [5.41, 5.74) is 2.10. The second kappa shape index (κ2) is 7.04. The number of benzene rings is 2. The summed E-state index contributed by atoms with van der Waals surface area (Å²) in [7, 11) is 0. The van der Waals surface area contributed by atoms with Crippen LogP contribution in [0.5, 0.6) is 0 Å². The highest BCUT2D eigenvalue weighted by Gasteiger charge is 2.36. The standard InChI is InChI=1S/C23H20N4O2/c1-15(23(2,29)17-7-4-3-5-8-17)21(28)26-22-25-19-12-11-16(14-24)13-20(19)27(22)18-9-6-10-18/h3-13,15,29H,1-2H3,(H,25,26,28)/t15-,23-/m1/s1. The molecule has 3 aromatic rings. The predicted octanol–water partition coefficient (Wildman–Crippen LogP) is 3.80. The summed E-state index contributed by atoms with van der Waals surface area (Å²) in [6.07, 6.45) is 5.70.